The van der Waals surface area contributed by atoms with Crippen LogP contribution in [0.3, 0.4) is 0 Å². The molecule has 0 spiro atoms. The van der Waals surface area contributed by atoms with Crippen LogP contribution in [0.5, 0.6) is 0 Å². The Labute approximate surface area is 78.7 Å². The molecule has 2 rings (SSSR count). The van der Waals surface area contributed by atoms with E-state index in [0.717, 1.165) is 25.5 Å². The number of hydrogen-bond donors (Lipinski definition) is 0. The number of hydrogen-bond acceptors (Lipinski definition) is 2. The molecule has 13 heavy (non-hydrogen) atoms. The number of rotatable bonds is 1. The number of carbonyl (C=O) groups is 2. The molecule has 0 radical (unpaired) electrons. The third kappa shape index (κ3) is 1.15. The van der Waals surface area contributed by atoms with Crippen molar-refractivity contribution in [2.75, 3.05) is 0 Å². The maximum atomic E-state index is 11.3. The summed E-state index contributed by atoms with van der Waals surface area (Å²) in [6.45, 7) is 2.16. The van der Waals surface area contributed by atoms with Crippen LogP contribution in [0.25, 0.3) is 0 Å². The van der Waals surface area contributed by atoms with Gasteiger partial charge in [0.15, 0.2) is 0 Å². The minimum absolute atomic E-state index is 0.131. The molecule has 2 heteroatoms. The van der Waals surface area contributed by atoms with E-state index in [2.05, 4.69) is 6.92 Å². The predicted octanol–water partition coefficient (Wildman–Crippen LogP) is 1.97. The smallest absolute Gasteiger partial charge is 0.133 e. The van der Waals surface area contributed by atoms with Gasteiger partial charge in [-0.2, -0.15) is 0 Å². The Morgan fingerprint density at radius 3 is 2.92 bits per heavy atom. The van der Waals surface area contributed by atoms with Crippen molar-refractivity contribution >= 4 is 12.1 Å². The van der Waals surface area contributed by atoms with E-state index in [9.17, 15) is 9.59 Å². The number of ketones is 1. The summed E-state index contributed by atoms with van der Waals surface area (Å²) in [7, 11) is 0. The Bertz CT molecular complexity index is 246. The SMILES string of the molecule is C[C@@H]1CCC2CC(=O)CC[C@]21C=O. The Balaban J connectivity index is 2.26. The fourth-order valence-corrected chi connectivity index (χ4v) is 3.14. The van der Waals surface area contributed by atoms with Gasteiger partial charge in [-0.15, -0.1) is 0 Å². The largest absolute Gasteiger partial charge is 0.303 e. The summed E-state index contributed by atoms with van der Waals surface area (Å²) in [6, 6.07) is 0. The minimum atomic E-state index is -0.131. The molecule has 2 nitrogen and oxygen atoms in total. The Morgan fingerprint density at radius 2 is 2.23 bits per heavy atom. The molecule has 0 saturated heterocycles. The lowest BCUT2D eigenvalue weighted by atomic mass is 9.65. The zero-order chi connectivity index (χ0) is 9.47. The van der Waals surface area contributed by atoms with Crippen molar-refractivity contribution < 1.29 is 9.59 Å². The number of fused-ring (bicyclic) bond motifs is 1. The molecular formula is C11H16O2. The first-order valence-electron chi connectivity index (χ1n) is 5.17. The van der Waals surface area contributed by atoms with E-state index in [1.54, 1.807) is 0 Å². The van der Waals surface area contributed by atoms with Crippen molar-refractivity contribution in [3.05, 3.63) is 0 Å². The molecule has 0 aromatic heterocycles. The van der Waals surface area contributed by atoms with Crippen LogP contribution >= 0.6 is 0 Å². The highest BCUT2D eigenvalue weighted by molar-refractivity contribution is 5.82. The van der Waals surface area contributed by atoms with Crippen LogP contribution in [0, 0.1) is 17.3 Å². The average molecular weight is 180 g/mol. The van der Waals surface area contributed by atoms with Gasteiger partial charge in [-0.25, -0.2) is 0 Å². The Kier molecular flexibility index (Phi) is 2.01. The van der Waals surface area contributed by atoms with Crippen LogP contribution in [0.1, 0.15) is 39.0 Å². The van der Waals surface area contributed by atoms with Crippen LogP contribution in [0.2, 0.25) is 0 Å². The standard InChI is InChI=1S/C11H16O2/c1-8-2-3-9-6-10(13)4-5-11(8,9)7-12/h7-9H,2-6H2,1H3/t8-,9?,11-/m1/s1. The van der Waals surface area contributed by atoms with Gasteiger partial charge in [0.1, 0.15) is 12.1 Å². The van der Waals surface area contributed by atoms with E-state index in [0.29, 0.717) is 30.5 Å². The van der Waals surface area contributed by atoms with Crippen molar-refractivity contribution in [1.82, 2.24) is 0 Å². The van der Waals surface area contributed by atoms with Crippen LogP contribution in [-0.2, 0) is 9.59 Å². The van der Waals surface area contributed by atoms with Crippen molar-refractivity contribution in [1.29, 1.82) is 0 Å². The lowest BCUT2D eigenvalue weighted by Gasteiger charge is -2.37. The van der Waals surface area contributed by atoms with E-state index < -0.39 is 0 Å². The van der Waals surface area contributed by atoms with E-state index in [1.807, 2.05) is 0 Å². The molecule has 2 saturated carbocycles. The lowest BCUT2D eigenvalue weighted by Crippen LogP contribution is -2.38. The van der Waals surface area contributed by atoms with Crippen molar-refractivity contribution in [3.63, 3.8) is 0 Å². The molecule has 0 aromatic carbocycles. The molecule has 3 atom stereocenters. The lowest BCUT2D eigenvalue weighted by molar-refractivity contribution is -0.130. The van der Waals surface area contributed by atoms with Crippen LogP contribution in [-0.4, -0.2) is 12.1 Å². The third-order valence-corrected chi connectivity index (χ3v) is 4.16. The second-order valence-corrected chi connectivity index (χ2v) is 4.65. The molecule has 0 N–H and O–H groups in total. The summed E-state index contributed by atoms with van der Waals surface area (Å²) in [5.41, 5.74) is -0.131. The number of aldehydes is 1. The molecular weight excluding hydrogens is 164 g/mol. The van der Waals surface area contributed by atoms with Gasteiger partial charge in [0.2, 0.25) is 0 Å². The molecule has 72 valence electrons. The summed E-state index contributed by atoms with van der Waals surface area (Å²) >= 11 is 0. The normalized spacial score (nSPS) is 44.5. The maximum Gasteiger partial charge on any atom is 0.133 e. The molecule has 0 bridgehead atoms. The van der Waals surface area contributed by atoms with Crippen molar-refractivity contribution in [3.8, 4) is 0 Å². The second-order valence-electron chi connectivity index (χ2n) is 4.65. The van der Waals surface area contributed by atoms with Gasteiger partial charge in [0.25, 0.3) is 0 Å². The molecule has 0 heterocycles. The van der Waals surface area contributed by atoms with Crippen LogP contribution in [0.15, 0.2) is 0 Å². The summed E-state index contributed by atoms with van der Waals surface area (Å²) in [6.07, 6.45) is 5.42. The maximum absolute atomic E-state index is 11.3. The van der Waals surface area contributed by atoms with E-state index >= 15 is 0 Å². The van der Waals surface area contributed by atoms with Gasteiger partial charge in [0, 0.05) is 18.3 Å². The van der Waals surface area contributed by atoms with E-state index in [-0.39, 0.29) is 5.41 Å². The summed E-state index contributed by atoms with van der Waals surface area (Å²) in [4.78, 5) is 22.4. The van der Waals surface area contributed by atoms with Gasteiger partial charge in [0.05, 0.1) is 0 Å². The summed E-state index contributed by atoms with van der Waals surface area (Å²) < 4.78 is 0. The highest BCUT2D eigenvalue weighted by Gasteiger charge is 2.50. The molecule has 0 aliphatic heterocycles. The van der Waals surface area contributed by atoms with Gasteiger partial charge in [-0.1, -0.05) is 6.92 Å². The van der Waals surface area contributed by atoms with E-state index in [4.69, 9.17) is 0 Å². The van der Waals surface area contributed by atoms with Gasteiger partial charge in [-0.3, -0.25) is 4.79 Å². The first-order valence-corrected chi connectivity index (χ1v) is 5.17. The topological polar surface area (TPSA) is 34.1 Å². The van der Waals surface area contributed by atoms with Gasteiger partial charge in [-0.05, 0) is 31.1 Å². The molecule has 0 aromatic rings. The fourth-order valence-electron chi connectivity index (χ4n) is 3.14. The fraction of sp³-hybridized carbons (Fsp3) is 0.818. The summed E-state index contributed by atoms with van der Waals surface area (Å²) in [5.74, 6) is 1.21. The predicted molar refractivity (Wildman–Crippen MR) is 49.2 cm³/mol. The zero-order valence-electron chi connectivity index (χ0n) is 8.08. The Morgan fingerprint density at radius 1 is 1.46 bits per heavy atom. The Hall–Kier alpha value is -0.660. The average Bonchev–Trinajstić information content (AvgIpc) is 2.44. The van der Waals surface area contributed by atoms with Gasteiger partial charge < -0.3 is 4.79 Å². The summed E-state index contributed by atoms with van der Waals surface area (Å²) in [5, 5.41) is 0. The second kappa shape index (κ2) is 2.93. The highest BCUT2D eigenvalue weighted by atomic mass is 16.1. The number of Topliss-reactive ketones (excluding diaryl/α,β-unsaturated/α-hetero) is 1. The highest BCUT2D eigenvalue weighted by Crippen LogP contribution is 2.53. The van der Waals surface area contributed by atoms with Crippen molar-refractivity contribution in [2.24, 2.45) is 17.3 Å². The monoisotopic (exact) mass is 180 g/mol. The number of carbonyl (C=O) groups excluding carboxylic acids is 2. The zero-order valence-corrected chi connectivity index (χ0v) is 8.08. The van der Waals surface area contributed by atoms with Gasteiger partial charge >= 0.3 is 0 Å². The first-order chi connectivity index (χ1) is 6.19. The third-order valence-electron chi connectivity index (χ3n) is 4.16. The minimum Gasteiger partial charge on any atom is -0.303 e. The van der Waals surface area contributed by atoms with Crippen LogP contribution in [0.4, 0.5) is 0 Å². The van der Waals surface area contributed by atoms with Crippen molar-refractivity contribution in [2.45, 2.75) is 39.0 Å². The molecule has 0 amide bonds. The molecule has 2 fully saturated rings. The quantitative estimate of drug-likeness (QED) is 0.578. The van der Waals surface area contributed by atoms with E-state index in [1.165, 1.54) is 0 Å². The first kappa shape index (κ1) is 8.92. The molecule has 1 unspecified atom stereocenters. The molecule has 2 aliphatic carbocycles. The molecule has 2 aliphatic rings. The van der Waals surface area contributed by atoms with Crippen LogP contribution < -0.4 is 0 Å².